The number of ether oxygens (including phenoxy) is 1. The van der Waals surface area contributed by atoms with Crippen molar-refractivity contribution in [1.29, 1.82) is 0 Å². The van der Waals surface area contributed by atoms with Gasteiger partial charge in [0, 0.05) is 13.1 Å². The van der Waals surface area contributed by atoms with E-state index in [1.165, 1.54) is 25.3 Å². The third-order valence-electron chi connectivity index (χ3n) is 3.79. The van der Waals surface area contributed by atoms with Gasteiger partial charge in [0.05, 0.1) is 24.5 Å². The van der Waals surface area contributed by atoms with E-state index in [9.17, 15) is 27.9 Å². The number of benzene rings is 1. The van der Waals surface area contributed by atoms with Gasteiger partial charge in [0.1, 0.15) is 0 Å². The van der Waals surface area contributed by atoms with Crippen LogP contribution in [0.2, 0.25) is 0 Å². The zero-order chi connectivity index (χ0) is 17.4. The average molecular weight is 333 g/mol. The maximum atomic E-state index is 12.9. The van der Waals surface area contributed by atoms with Crippen LogP contribution in [0.25, 0.3) is 0 Å². The summed E-state index contributed by atoms with van der Waals surface area (Å²) in [5, 5.41) is 18.9. The summed E-state index contributed by atoms with van der Waals surface area (Å²) >= 11 is 0. The van der Waals surface area contributed by atoms with Crippen LogP contribution in [-0.4, -0.2) is 53.4 Å². The van der Waals surface area contributed by atoms with Gasteiger partial charge < -0.3 is 19.8 Å². The molecule has 1 aromatic rings. The number of alkyl halides is 3. The van der Waals surface area contributed by atoms with E-state index >= 15 is 0 Å². The van der Waals surface area contributed by atoms with Crippen LogP contribution in [-0.2, 0) is 4.79 Å². The largest absolute Gasteiger partial charge is 0.504 e. The van der Waals surface area contributed by atoms with Crippen molar-refractivity contribution in [3.8, 4) is 11.5 Å². The first-order valence-electron chi connectivity index (χ1n) is 6.61. The molecule has 9 heteroatoms. The van der Waals surface area contributed by atoms with Crippen molar-refractivity contribution in [2.45, 2.75) is 6.18 Å². The van der Waals surface area contributed by atoms with Crippen molar-refractivity contribution in [2.75, 3.05) is 20.2 Å². The minimum absolute atomic E-state index is 0.00259. The van der Waals surface area contributed by atoms with Crippen LogP contribution in [0.5, 0.6) is 11.5 Å². The molecule has 0 bridgehead atoms. The summed E-state index contributed by atoms with van der Waals surface area (Å²) in [7, 11) is 1.26. The zero-order valence-electron chi connectivity index (χ0n) is 12.0. The Labute approximate surface area is 129 Å². The smallest absolute Gasteiger partial charge is 0.394 e. The number of carbonyl (C=O) groups excluding carboxylic acids is 1. The molecule has 6 nitrogen and oxygen atoms in total. The van der Waals surface area contributed by atoms with Crippen LogP contribution in [0.4, 0.5) is 13.2 Å². The summed E-state index contributed by atoms with van der Waals surface area (Å²) in [6.45, 7) is -1.34. The summed E-state index contributed by atoms with van der Waals surface area (Å²) in [4.78, 5) is 24.1. The monoisotopic (exact) mass is 333 g/mol. The van der Waals surface area contributed by atoms with Crippen molar-refractivity contribution >= 4 is 11.9 Å². The molecule has 2 atom stereocenters. The third-order valence-corrected chi connectivity index (χ3v) is 3.79. The molecule has 0 radical (unpaired) electrons. The minimum Gasteiger partial charge on any atom is -0.504 e. The van der Waals surface area contributed by atoms with Crippen molar-refractivity contribution in [2.24, 2.45) is 11.8 Å². The van der Waals surface area contributed by atoms with Crippen LogP contribution in [0.15, 0.2) is 18.2 Å². The number of halogens is 3. The number of methoxy groups -OCH3 is 1. The van der Waals surface area contributed by atoms with E-state index in [2.05, 4.69) is 0 Å². The average Bonchev–Trinajstić information content (AvgIpc) is 2.92. The van der Waals surface area contributed by atoms with Crippen molar-refractivity contribution in [3.63, 3.8) is 0 Å². The number of phenols is 1. The molecule has 1 saturated heterocycles. The van der Waals surface area contributed by atoms with Gasteiger partial charge in [-0.1, -0.05) is 6.07 Å². The summed E-state index contributed by atoms with van der Waals surface area (Å²) in [5.74, 6) is -6.86. The maximum Gasteiger partial charge on any atom is 0.394 e. The Bertz CT molecular complexity index is 631. The van der Waals surface area contributed by atoms with Gasteiger partial charge in [-0.3, -0.25) is 9.59 Å². The highest BCUT2D eigenvalue weighted by atomic mass is 19.4. The molecule has 23 heavy (non-hydrogen) atoms. The van der Waals surface area contributed by atoms with Crippen molar-refractivity contribution in [3.05, 3.63) is 23.8 Å². The first-order valence-corrected chi connectivity index (χ1v) is 6.61. The summed E-state index contributed by atoms with van der Waals surface area (Å²) in [5.41, 5.74) is -0.240. The topological polar surface area (TPSA) is 87.1 Å². The second-order valence-corrected chi connectivity index (χ2v) is 5.16. The molecule has 2 rings (SSSR count). The molecule has 1 amide bonds. The third kappa shape index (κ3) is 3.17. The van der Waals surface area contributed by atoms with Gasteiger partial charge in [-0.05, 0) is 12.1 Å². The molecule has 0 aromatic heterocycles. The van der Waals surface area contributed by atoms with E-state index in [-0.39, 0.29) is 11.3 Å². The molecule has 1 aromatic carbocycles. The molecule has 1 aliphatic rings. The van der Waals surface area contributed by atoms with Crippen LogP contribution in [0.1, 0.15) is 10.4 Å². The van der Waals surface area contributed by atoms with Gasteiger partial charge in [0.2, 0.25) is 0 Å². The molecule has 1 aliphatic heterocycles. The Kier molecular flexibility index (Phi) is 4.39. The number of amides is 1. The van der Waals surface area contributed by atoms with Gasteiger partial charge >= 0.3 is 12.1 Å². The number of phenolic OH excluding ortho intramolecular Hbond substituents is 1. The number of para-hydroxylation sites is 1. The predicted octanol–water partition coefficient (Wildman–Crippen LogP) is 1.74. The number of carboxylic acid groups (broad SMARTS) is 1. The maximum absolute atomic E-state index is 12.9. The number of rotatable bonds is 3. The number of carbonyl (C=O) groups is 2. The lowest BCUT2D eigenvalue weighted by Crippen LogP contribution is -2.34. The van der Waals surface area contributed by atoms with E-state index in [4.69, 9.17) is 9.84 Å². The number of carboxylic acids is 1. The fourth-order valence-electron chi connectivity index (χ4n) is 2.58. The standard InChI is InChI=1S/C14H14F3NO5/c1-23-10-4-2-3-7(11(10)19)12(20)18-5-8(13(21)22)9(6-18)14(15,16)17/h2-4,8-9,19H,5-6H2,1H3,(H,21,22)/t8-,9-/m1/s1. The molecule has 126 valence electrons. The molecular weight excluding hydrogens is 319 g/mol. The van der Waals surface area contributed by atoms with Crippen LogP contribution < -0.4 is 4.74 Å². The van der Waals surface area contributed by atoms with Gasteiger partial charge in [0.15, 0.2) is 11.5 Å². The normalized spacial score (nSPS) is 21.3. The van der Waals surface area contributed by atoms with Gasteiger partial charge in [0.25, 0.3) is 5.91 Å². The highest BCUT2D eigenvalue weighted by Gasteiger charge is 2.53. The molecule has 1 fully saturated rings. The van der Waals surface area contributed by atoms with Crippen LogP contribution in [0, 0.1) is 11.8 Å². The Hall–Kier alpha value is -2.45. The van der Waals surface area contributed by atoms with Crippen LogP contribution in [0.3, 0.4) is 0 Å². The lowest BCUT2D eigenvalue weighted by atomic mass is 9.96. The van der Waals surface area contributed by atoms with Crippen molar-refractivity contribution < 1.29 is 37.7 Å². The van der Waals surface area contributed by atoms with E-state index in [1.54, 1.807) is 0 Å². The van der Waals surface area contributed by atoms with Gasteiger partial charge in [-0.25, -0.2) is 0 Å². The number of likely N-dealkylation sites (tertiary alicyclic amines) is 1. The molecule has 0 aliphatic carbocycles. The minimum atomic E-state index is -4.73. The number of hydrogen-bond donors (Lipinski definition) is 2. The lowest BCUT2D eigenvalue weighted by molar-refractivity contribution is -0.187. The number of hydrogen-bond acceptors (Lipinski definition) is 4. The highest BCUT2D eigenvalue weighted by molar-refractivity contribution is 5.98. The second kappa shape index (κ2) is 5.98. The second-order valence-electron chi connectivity index (χ2n) is 5.16. The number of aromatic hydroxyl groups is 1. The summed E-state index contributed by atoms with van der Waals surface area (Å²) < 4.78 is 43.7. The molecule has 0 saturated carbocycles. The summed E-state index contributed by atoms with van der Waals surface area (Å²) in [6, 6.07) is 4.02. The Morgan fingerprint density at radius 2 is 1.96 bits per heavy atom. The molecular formula is C14H14F3NO5. The van der Waals surface area contributed by atoms with E-state index in [0.717, 1.165) is 4.90 Å². The summed E-state index contributed by atoms with van der Waals surface area (Å²) in [6.07, 6.45) is -4.73. The quantitative estimate of drug-likeness (QED) is 0.880. The Morgan fingerprint density at radius 3 is 2.43 bits per heavy atom. The van der Waals surface area contributed by atoms with E-state index in [1.807, 2.05) is 0 Å². The Balaban J connectivity index is 2.30. The first-order chi connectivity index (χ1) is 10.7. The number of aliphatic carboxylic acids is 1. The molecule has 1 heterocycles. The van der Waals surface area contributed by atoms with Gasteiger partial charge in [-0.2, -0.15) is 13.2 Å². The fraction of sp³-hybridized carbons (Fsp3) is 0.429. The molecule has 0 unspecified atom stereocenters. The number of nitrogens with zero attached hydrogens (tertiary/aromatic N) is 1. The van der Waals surface area contributed by atoms with E-state index < -0.39 is 48.7 Å². The highest BCUT2D eigenvalue weighted by Crippen LogP contribution is 2.39. The SMILES string of the molecule is COc1cccc(C(=O)N2C[C@@H](C(F)(F)F)[C@H](C(=O)O)C2)c1O. The Morgan fingerprint density at radius 1 is 1.30 bits per heavy atom. The lowest BCUT2D eigenvalue weighted by Gasteiger charge is -2.19. The molecule has 0 spiro atoms. The van der Waals surface area contributed by atoms with Crippen LogP contribution >= 0.6 is 0 Å². The van der Waals surface area contributed by atoms with E-state index in [0.29, 0.717) is 0 Å². The molecule has 2 N–H and O–H groups in total. The van der Waals surface area contributed by atoms with Crippen molar-refractivity contribution in [1.82, 2.24) is 4.90 Å². The fourth-order valence-corrected chi connectivity index (χ4v) is 2.58. The first kappa shape index (κ1) is 16.9. The van der Waals surface area contributed by atoms with Gasteiger partial charge in [-0.15, -0.1) is 0 Å². The zero-order valence-corrected chi connectivity index (χ0v) is 12.0. The predicted molar refractivity (Wildman–Crippen MR) is 71.2 cm³/mol.